The van der Waals surface area contributed by atoms with Gasteiger partial charge in [-0.1, -0.05) is 54.7 Å². The molecule has 1 aromatic heterocycles. The van der Waals surface area contributed by atoms with E-state index in [1.54, 1.807) is 29.7 Å². The number of imidazole rings is 1. The molecule has 0 spiro atoms. The molecule has 0 unspecified atom stereocenters. The van der Waals surface area contributed by atoms with Crippen LogP contribution in [0.15, 0.2) is 90.3 Å². The fraction of sp³-hybridized carbons (Fsp3) is 0.138. The van der Waals surface area contributed by atoms with Gasteiger partial charge in [-0.05, 0) is 65.4 Å². The molecule has 0 aliphatic heterocycles. The Balaban J connectivity index is 1.35. The maximum absolute atomic E-state index is 12.5. The van der Waals surface area contributed by atoms with Crippen LogP contribution in [-0.2, 0) is 6.42 Å². The van der Waals surface area contributed by atoms with Gasteiger partial charge in [0.25, 0.3) is 0 Å². The smallest absolute Gasteiger partial charge is 0.406 e. The minimum Gasteiger partial charge on any atom is -0.406 e. The van der Waals surface area contributed by atoms with Crippen LogP contribution in [0.2, 0.25) is 0 Å². The lowest BCUT2D eigenvalue weighted by Gasteiger charge is -2.15. The van der Waals surface area contributed by atoms with Crippen molar-refractivity contribution >= 4 is 45.2 Å². The average Bonchev–Trinajstić information content (AvgIpc) is 3.32. The molecule has 0 saturated carbocycles. The molecule has 0 atom stereocenters. The van der Waals surface area contributed by atoms with Crippen LogP contribution in [0.5, 0.6) is 5.75 Å². The summed E-state index contributed by atoms with van der Waals surface area (Å²) in [5, 5.41) is 8.19. The summed E-state index contributed by atoms with van der Waals surface area (Å²) in [5.41, 5.74) is 5.60. The minimum absolute atomic E-state index is 0.271. The average molecular weight is 533 g/mol. The summed E-state index contributed by atoms with van der Waals surface area (Å²) in [6.07, 6.45) is -0.652. The van der Waals surface area contributed by atoms with Crippen LogP contribution in [0.4, 0.5) is 13.2 Å². The summed E-state index contributed by atoms with van der Waals surface area (Å²) in [6, 6.07) is 23.8. The molecule has 38 heavy (non-hydrogen) atoms. The Kier molecular flexibility index (Phi) is 6.86. The Labute approximate surface area is 222 Å². The quantitative estimate of drug-likeness (QED) is 0.132. The van der Waals surface area contributed by atoms with Crippen molar-refractivity contribution in [1.29, 1.82) is 0 Å². The van der Waals surface area contributed by atoms with Gasteiger partial charge in [-0.15, -0.1) is 13.2 Å². The molecule has 0 saturated heterocycles. The number of hydrogen-bond acceptors (Lipinski definition) is 4. The summed E-state index contributed by atoms with van der Waals surface area (Å²) < 4.78 is 43.2. The van der Waals surface area contributed by atoms with Gasteiger partial charge in [-0.2, -0.15) is 5.10 Å². The number of likely N-dealkylation sites (N-methyl/N-ethyl adjacent to an activating group) is 1. The van der Waals surface area contributed by atoms with Crippen molar-refractivity contribution in [3.8, 4) is 11.4 Å². The summed E-state index contributed by atoms with van der Waals surface area (Å²) in [6.45, 7) is 2.07. The van der Waals surface area contributed by atoms with Crippen LogP contribution in [0.25, 0.3) is 27.5 Å². The van der Waals surface area contributed by atoms with E-state index in [2.05, 4.69) is 33.9 Å². The minimum atomic E-state index is -4.73. The Morgan fingerprint density at radius 1 is 1.05 bits per heavy atom. The van der Waals surface area contributed by atoms with E-state index in [1.165, 1.54) is 23.3 Å². The van der Waals surface area contributed by atoms with Gasteiger partial charge in [0.05, 0.1) is 17.2 Å². The molecule has 0 bridgehead atoms. The van der Waals surface area contributed by atoms with Gasteiger partial charge in [0.15, 0.2) is 0 Å². The third-order valence-electron chi connectivity index (χ3n) is 6.25. The van der Waals surface area contributed by atoms with Crippen LogP contribution >= 0.6 is 12.2 Å². The molecule has 0 aliphatic carbocycles. The predicted molar refractivity (Wildman–Crippen MR) is 148 cm³/mol. The Bertz CT molecular complexity index is 1660. The second-order valence-electron chi connectivity index (χ2n) is 8.84. The SMILES string of the molecule is Cc1ccccc1CC(=S)N(C)/N=C/c1ccc2c(ccc3c2ncn3-c2ccc(OC(F)(F)F)cc2)c1. The van der Waals surface area contributed by atoms with Gasteiger partial charge in [-0.3, -0.25) is 9.58 Å². The molecule has 5 aromatic rings. The van der Waals surface area contributed by atoms with Crippen molar-refractivity contribution in [1.82, 2.24) is 14.6 Å². The van der Waals surface area contributed by atoms with Crippen molar-refractivity contribution in [3.05, 3.63) is 102 Å². The van der Waals surface area contributed by atoms with Crippen LogP contribution < -0.4 is 4.74 Å². The maximum atomic E-state index is 12.5. The zero-order valence-electron chi connectivity index (χ0n) is 20.6. The van der Waals surface area contributed by atoms with Gasteiger partial charge in [0.2, 0.25) is 0 Å². The van der Waals surface area contributed by atoms with E-state index >= 15 is 0 Å². The number of fused-ring (bicyclic) bond motifs is 3. The van der Waals surface area contributed by atoms with Crippen molar-refractivity contribution in [3.63, 3.8) is 0 Å². The van der Waals surface area contributed by atoms with E-state index in [0.29, 0.717) is 12.1 Å². The number of halogens is 3. The Hall–Kier alpha value is -4.24. The lowest BCUT2D eigenvalue weighted by Crippen LogP contribution is -2.21. The van der Waals surface area contributed by atoms with Crippen molar-refractivity contribution in [2.24, 2.45) is 5.10 Å². The number of rotatable bonds is 6. The molecule has 5 rings (SSSR count). The normalized spacial score (nSPS) is 11.9. The lowest BCUT2D eigenvalue weighted by atomic mass is 10.1. The number of benzene rings is 4. The third kappa shape index (κ3) is 5.52. The van der Waals surface area contributed by atoms with Crippen molar-refractivity contribution < 1.29 is 17.9 Å². The first kappa shape index (κ1) is 25.4. The second-order valence-corrected chi connectivity index (χ2v) is 9.31. The standard InChI is InChI=1S/C29H23F3N4OS/c1-19-5-3-4-6-21(19)16-27(38)35(2)34-17-20-7-13-25-22(15-20)8-14-26-28(25)33-18-36(26)23-9-11-24(12-10-23)37-29(30,31)32/h3-15,17-18H,16H2,1-2H3/b34-17+. The monoisotopic (exact) mass is 532 g/mol. The number of hydrazone groups is 1. The number of ether oxygens (including phenoxy) is 1. The van der Waals surface area contributed by atoms with E-state index in [0.717, 1.165) is 32.4 Å². The molecule has 0 fully saturated rings. The third-order valence-corrected chi connectivity index (χ3v) is 6.66. The number of hydrogen-bond donors (Lipinski definition) is 0. The molecule has 9 heteroatoms. The van der Waals surface area contributed by atoms with E-state index in [1.807, 2.05) is 54.1 Å². The van der Waals surface area contributed by atoms with Crippen LogP contribution in [0, 0.1) is 6.92 Å². The Morgan fingerprint density at radius 3 is 2.55 bits per heavy atom. The second kappa shape index (κ2) is 10.3. The molecule has 0 radical (unpaired) electrons. The number of aryl methyl sites for hydroxylation is 1. The largest absolute Gasteiger partial charge is 0.573 e. The highest BCUT2D eigenvalue weighted by Crippen LogP contribution is 2.29. The zero-order valence-corrected chi connectivity index (χ0v) is 21.4. The van der Waals surface area contributed by atoms with E-state index in [4.69, 9.17) is 12.2 Å². The Morgan fingerprint density at radius 2 is 1.82 bits per heavy atom. The van der Waals surface area contributed by atoms with Gasteiger partial charge < -0.3 is 4.74 Å². The fourth-order valence-electron chi connectivity index (χ4n) is 4.23. The number of nitrogens with zero attached hydrogens (tertiary/aromatic N) is 4. The lowest BCUT2D eigenvalue weighted by molar-refractivity contribution is -0.274. The summed E-state index contributed by atoms with van der Waals surface area (Å²) in [4.78, 5) is 5.30. The first-order valence-electron chi connectivity index (χ1n) is 11.8. The molecule has 192 valence electrons. The maximum Gasteiger partial charge on any atom is 0.573 e. The predicted octanol–water partition coefficient (Wildman–Crippen LogP) is 7.22. The molecule has 1 heterocycles. The summed E-state index contributed by atoms with van der Waals surface area (Å²) in [5.74, 6) is -0.271. The van der Waals surface area contributed by atoms with Crippen molar-refractivity contribution in [2.75, 3.05) is 7.05 Å². The summed E-state index contributed by atoms with van der Waals surface area (Å²) >= 11 is 5.58. The number of alkyl halides is 3. The highest BCUT2D eigenvalue weighted by molar-refractivity contribution is 7.80. The molecule has 0 aliphatic rings. The molecule has 0 N–H and O–H groups in total. The van der Waals surface area contributed by atoms with Crippen LogP contribution in [-0.4, -0.2) is 39.2 Å². The first-order chi connectivity index (χ1) is 18.2. The zero-order chi connectivity index (χ0) is 26.9. The molecular weight excluding hydrogens is 509 g/mol. The molecule has 4 aromatic carbocycles. The van der Waals surface area contributed by atoms with Crippen LogP contribution in [0.1, 0.15) is 16.7 Å². The fourth-order valence-corrected chi connectivity index (χ4v) is 4.43. The summed E-state index contributed by atoms with van der Waals surface area (Å²) in [7, 11) is 1.84. The number of aromatic nitrogens is 2. The molecule has 0 amide bonds. The number of thiocarbonyl (C=S) groups is 1. The molecule has 5 nitrogen and oxygen atoms in total. The highest BCUT2D eigenvalue weighted by Gasteiger charge is 2.31. The van der Waals surface area contributed by atoms with Gasteiger partial charge in [0, 0.05) is 24.5 Å². The van der Waals surface area contributed by atoms with E-state index < -0.39 is 6.36 Å². The topological polar surface area (TPSA) is 42.7 Å². The molecular formula is C29H23F3N4OS. The van der Waals surface area contributed by atoms with Gasteiger partial charge in [0.1, 0.15) is 17.1 Å². The van der Waals surface area contributed by atoms with Gasteiger partial charge in [-0.25, -0.2) is 4.98 Å². The van der Waals surface area contributed by atoms with Gasteiger partial charge >= 0.3 is 6.36 Å². The van der Waals surface area contributed by atoms with E-state index in [9.17, 15) is 13.2 Å². The first-order valence-corrected chi connectivity index (χ1v) is 12.2. The van der Waals surface area contributed by atoms with Crippen LogP contribution in [0.3, 0.4) is 0 Å². The highest BCUT2D eigenvalue weighted by atomic mass is 32.1. The van der Waals surface area contributed by atoms with Crippen molar-refractivity contribution in [2.45, 2.75) is 19.7 Å². The van der Waals surface area contributed by atoms with E-state index in [-0.39, 0.29) is 5.75 Å².